The van der Waals surface area contributed by atoms with E-state index in [1.54, 1.807) is 6.92 Å². The maximum absolute atomic E-state index is 13.0. The van der Waals surface area contributed by atoms with E-state index in [1.807, 2.05) is 31.2 Å². The number of hydrogen-bond acceptors (Lipinski definition) is 2. The standard InChI is InChI=1S/C25H35NO3/c1-16-3-5-18(6-4-16)12-22(17(2)24(28)29)23(27)26-8-7-25-13-19-9-20(14-25)11-21(10-19)15-25/h3-6,17,19-22H,7-15H2,1-2H3,(H,26,27)(H,28,29)/t17-,19?,20?,21?,22+,25?/m0/s1. The van der Waals surface area contributed by atoms with Crippen molar-refractivity contribution < 1.29 is 14.7 Å². The van der Waals surface area contributed by atoms with Gasteiger partial charge in [-0.15, -0.1) is 0 Å². The molecule has 4 aliphatic rings. The van der Waals surface area contributed by atoms with Gasteiger partial charge in [-0.1, -0.05) is 36.8 Å². The summed E-state index contributed by atoms with van der Waals surface area (Å²) in [7, 11) is 0. The van der Waals surface area contributed by atoms with Crippen LogP contribution in [0.5, 0.6) is 0 Å². The van der Waals surface area contributed by atoms with Crippen molar-refractivity contribution in [2.45, 2.75) is 65.2 Å². The fourth-order valence-electron chi connectivity index (χ4n) is 6.82. The lowest BCUT2D eigenvalue weighted by atomic mass is 9.49. The van der Waals surface area contributed by atoms with E-state index in [0.717, 1.165) is 35.3 Å². The zero-order valence-corrected chi connectivity index (χ0v) is 17.8. The number of carbonyl (C=O) groups excluding carboxylic acids is 1. The second-order valence-electron chi connectivity index (χ2n) is 10.4. The Bertz CT molecular complexity index is 719. The predicted octanol–water partition coefficient (Wildman–Crippen LogP) is 4.60. The maximum atomic E-state index is 13.0. The number of amides is 1. The van der Waals surface area contributed by atoms with Crippen LogP contribution < -0.4 is 5.32 Å². The van der Waals surface area contributed by atoms with Crippen LogP contribution in [0.4, 0.5) is 0 Å². The second kappa shape index (κ2) is 8.12. The van der Waals surface area contributed by atoms with E-state index >= 15 is 0 Å². The Labute approximate surface area is 174 Å². The molecule has 0 spiro atoms. The average molecular weight is 398 g/mol. The van der Waals surface area contributed by atoms with Gasteiger partial charge in [-0.3, -0.25) is 9.59 Å². The first kappa shape index (κ1) is 20.4. The van der Waals surface area contributed by atoms with Gasteiger partial charge in [0, 0.05) is 6.54 Å². The maximum Gasteiger partial charge on any atom is 0.307 e. The molecule has 2 atom stereocenters. The minimum Gasteiger partial charge on any atom is -0.481 e. The van der Waals surface area contributed by atoms with Crippen molar-refractivity contribution in [2.75, 3.05) is 6.54 Å². The van der Waals surface area contributed by atoms with Gasteiger partial charge in [-0.05, 0) is 87.0 Å². The summed E-state index contributed by atoms with van der Waals surface area (Å²) in [6, 6.07) is 8.03. The number of aryl methyl sites for hydroxylation is 1. The van der Waals surface area contributed by atoms with E-state index < -0.39 is 17.8 Å². The summed E-state index contributed by atoms with van der Waals surface area (Å²) in [5.74, 6) is 0.501. The summed E-state index contributed by atoms with van der Waals surface area (Å²) >= 11 is 0. The monoisotopic (exact) mass is 397 g/mol. The highest BCUT2D eigenvalue weighted by Crippen LogP contribution is 2.61. The number of hydrogen-bond donors (Lipinski definition) is 2. The Balaban J connectivity index is 1.36. The SMILES string of the molecule is Cc1ccc(C[C@@H](C(=O)NCCC23CC4CC(CC(C4)C2)C3)[C@H](C)C(=O)O)cc1. The molecule has 1 aromatic rings. The Hall–Kier alpha value is -1.84. The number of benzene rings is 1. The lowest BCUT2D eigenvalue weighted by molar-refractivity contribution is -0.146. The molecule has 4 bridgehead atoms. The quantitative estimate of drug-likeness (QED) is 0.674. The molecule has 5 rings (SSSR count). The lowest BCUT2D eigenvalue weighted by Crippen LogP contribution is -2.47. The van der Waals surface area contributed by atoms with E-state index in [4.69, 9.17) is 0 Å². The highest BCUT2D eigenvalue weighted by molar-refractivity contribution is 5.84. The molecular formula is C25H35NO3. The number of carbonyl (C=O) groups is 2. The minimum atomic E-state index is -0.904. The molecule has 4 fully saturated rings. The van der Waals surface area contributed by atoms with Gasteiger partial charge in [0.1, 0.15) is 0 Å². The molecule has 1 amide bonds. The van der Waals surface area contributed by atoms with Crippen LogP contribution >= 0.6 is 0 Å². The van der Waals surface area contributed by atoms with Gasteiger partial charge in [-0.2, -0.15) is 0 Å². The highest BCUT2D eigenvalue weighted by atomic mass is 16.4. The minimum absolute atomic E-state index is 0.106. The van der Waals surface area contributed by atoms with Crippen LogP contribution in [0.25, 0.3) is 0 Å². The van der Waals surface area contributed by atoms with Crippen LogP contribution in [0, 0.1) is 41.9 Å². The first-order valence-corrected chi connectivity index (χ1v) is 11.4. The van der Waals surface area contributed by atoms with E-state index in [9.17, 15) is 14.7 Å². The van der Waals surface area contributed by atoms with E-state index in [0.29, 0.717) is 18.4 Å². The molecule has 2 N–H and O–H groups in total. The van der Waals surface area contributed by atoms with Crippen LogP contribution in [-0.4, -0.2) is 23.5 Å². The summed E-state index contributed by atoms with van der Waals surface area (Å²) < 4.78 is 0. The predicted molar refractivity (Wildman–Crippen MR) is 113 cm³/mol. The lowest BCUT2D eigenvalue weighted by Gasteiger charge is -2.57. The van der Waals surface area contributed by atoms with Gasteiger partial charge in [0.25, 0.3) is 0 Å². The molecule has 29 heavy (non-hydrogen) atoms. The molecule has 0 saturated heterocycles. The van der Waals surface area contributed by atoms with Gasteiger partial charge >= 0.3 is 5.97 Å². The summed E-state index contributed by atoms with van der Waals surface area (Å²) in [5.41, 5.74) is 2.62. The number of aliphatic carboxylic acids is 1. The van der Waals surface area contributed by atoms with Crippen molar-refractivity contribution in [2.24, 2.45) is 35.0 Å². The summed E-state index contributed by atoms with van der Waals surface area (Å²) in [5, 5.41) is 12.6. The molecule has 0 heterocycles. The molecule has 4 saturated carbocycles. The summed E-state index contributed by atoms with van der Waals surface area (Å²) in [6.07, 6.45) is 9.84. The van der Waals surface area contributed by atoms with Gasteiger partial charge in [0.05, 0.1) is 11.8 Å². The van der Waals surface area contributed by atoms with E-state index in [-0.39, 0.29) is 5.91 Å². The largest absolute Gasteiger partial charge is 0.481 e. The van der Waals surface area contributed by atoms with Gasteiger partial charge in [0.2, 0.25) is 5.91 Å². The normalized spacial score (nSPS) is 32.0. The molecule has 0 aromatic heterocycles. The Morgan fingerprint density at radius 2 is 1.62 bits per heavy atom. The highest BCUT2D eigenvalue weighted by Gasteiger charge is 2.50. The first-order chi connectivity index (χ1) is 13.8. The van der Waals surface area contributed by atoms with Crippen LogP contribution in [0.1, 0.15) is 63.0 Å². The van der Waals surface area contributed by atoms with Gasteiger partial charge < -0.3 is 10.4 Å². The van der Waals surface area contributed by atoms with Crippen LogP contribution in [0.15, 0.2) is 24.3 Å². The fraction of sp³-hybridized carbons (Fsp3) is 0.680. The van der Waals surface area contributed by atoms with Crippen molar-refractivity contribution in [1.82, 2.24) is 5.32 Å². The molecule has 0 unspecified atom stereocenters. The van der Waals surface area contributed by atoms with Gasteiger partial charge in [-0.25, -0.2) is 0 Å². The topological polar surface area (TPSA) is 66.4 Å². The second-order valence-corrected chi connectivity index (χ2v) is 10.4. The number of nitrogens with one attached hydrogen (secondary N) is 1. The fourth-order valence-corrected chi connectivity index (χ4v) is 6.82. The summed E-state index contributed by atoms with van der Waals surface area (Å²) in [6.45, 7) is 4.36. The third-order valence-electron chi connectivity index (χ3n) is 8.03. The Morgan fingerprint density at radius 3 is 2.14 bits per heavy atom. The number of carboxylic acid groups (broad SMARTS) is 1. The Morgan fingerprint density at radius 1 is 1.07 bits per heavy atom. The zero-order valence-electron chi connectivity index (χ0n) is 17.8. The number of rotatable bonds is 8. The smallest absolute Gasteiger partial charge is 0.307 e. The molecule has 0 aliphatic heterocycles. The molecule has 4 aliphatic carbocycles. The van der Waals surface area contributed by atoms with Crippen LogP contribution in [-0.2, 0) is 16.0 Å². The van der Waals surface area contributed by atoms with Gasteiger partial charge in [0.15, 0.2) is 0 Å². The van der Waals surface area contributed by atoms with Crippen LogP contribution in [0.2, 0.25) is 0 Å². The zero-order chi connectivity index (χ0) is 20.6. The molecule has 4 heteroatoms. The third-order valence-corrected chi connectivity index (χ3v) is 8.03. The molecule has 0 radical (unpaired) electrons. The Kier molecular flexibility index (Phi) is 5.72. The summed E-state index contributed by atoms with van der Waals surface area (Å²) in [4.78, 5) is 24.6. The van der Waals surface area contributed by atoms with Crippen molar-refractivity contribution in [3.05, 3.63) is 35.4 Å². The average Bonchev–Trinajstić information content (AvgIpc) is 2.65. The van der Waals surface area contributed by atoms with E-state index in [2.05, 4.69) is 5.32 Å². The van der Waals surface area contributed by atoms with Crippen LogP contribution in [0.3, 0.4) is 0 Å². The van der Waals surface area contributed by atoms with Crippen molar-refractivity contribution in [3.8, 4) is 0 Å². The number of carboxylic acids is 1. The van der Waals surface area contributed by atoms with Crippen molar-refractivity contribution in [3.63, 3.8) is 0 Å². The molecule has 1 aromatic carbocycles. The first-order valence-electron chi connectivity index (χ1n) is 11.4. The molecular weight excluding hydrogens is 362 g/mol. The third kappa shape index (κ3) is 4.51. The van der Waals surface area contributed by atoms with E-state index in [1.165, 1.54) is 38.5 Å². The molecule has 158 valence electrons. The van der Waals surface area contributed by atoms with Crippen molar-refractivity contribution >= 4 is 11.9 Å². The van der Waals surface area contributed by atoms with Crippen molar-refractivity contribution in [1.29, 1.82) is 0 Å². The molecule has 4 nitrogen and oxygen atoms in total.